The van der Waals surface area contributed by atoms with Crippen molar-refractivity contribution in [3.05, 3.63) is 48.0 Å². The average molecular weight is 218 g/mol. The molecule has 0 aliphatic heterocycles. The van der Waals surface area contributed by atoms with Crippen LogP contribution in [0.1, 0.15) is 43.2 Å². The lowest BCUT2D eigenvalue weighted by molar-refractivity contribution is -0.137. The highest BCUT2D eigenvalue weighted by atomic mass is 16.4. The van der Waals surface area contributed by atoms with Gasteiger partial charge in [0.25, 0.3) is 0 Å². The van der Waals surface area contributed by atoms with Crippen LogP contribution in [0.25, 0.3) is 0 Å². The maximum absolute atomic E-state index is 10.7. The van der Waals surface area contributed by atoms with Gasteiger partial charge in [-0.1, -0.05) is 44.2 Å². The fourth-order valence-electron chi connectivity index (χ4n) is 1.65. The van der Waals surface area contributed by atoms with Crippen LogP contribution >= 0.6 is 0 Å². The van der Waals surface area contributed by atoms with E-state index in [4.69, 9.17) is 5.11 Å². The summed E-state index contributed by atoms with van der Waals surface area (Å²) < 4.78 is 0. The normalized spacial score (nSPS) is 12.4. The van der Waals surface area contributed by atoms with E-state index in [1.165, 1.54) is 5.56 Å². The summed E-state index contributed by atoms with van der Waals surface area (Å²) in [6.45, 7) is 7.96. The Hall–Kier alpha value is -1.57. The van der Waals surface area contributed by atoms with Gasteiger partial charge in [-0.3, -0.25) is 4.79 Å². The highest BCUT2D eigenvalue weighted by Gasteiger charge is 2.11. The zero-order chi connectivity index (χ0) is 12.1. The molecule has 0 bridgehead atoms. The fraction of sp³-hybridized carbons (Fsp3) is 0.357. The molecule has 1 unspecified atom stereocenters. The van der Waals surface area contributed by atoms with Crippen LogP contribution in [0.2, 0.25) is 0 Å². The molecule has 1 atom stereocenters. The lowest BCUT2D eigenvalue weighted by atomic mass is 9.93. The second kappa shape index (κ2) is 5.50. The van der Waals surface area contributed by atoms with Crippen LogP contribution in [-0.4, -0.2) is 11.1 Å². The van der Waals surface area contributed by atoms with Gasteiger partial charge in [0.2, 0.25) is 0 Å². The van der Waals surface area contributed by atoms with Gasteiger partial charge in [0, 0.05) is 5.92 Å². The third kappa shape index (κ3) is 3.23. The quantitative estimate of drug-likeness (QED) is 0.767. The molecule has 1 N–H and O–H groups in total. The molecule has 0 heterocycles. The van der Waals surface area contributed by atoms with E-state index < -0.39 is 5.97 Å². The summed E-state index contributed by atoms with van der Waals surface area (Å²) >= 11 is 0. The summed E-state index contributed by atoms with van der Waals surface area (Å²) in [5.74, 6) is -0.396. The van der Waals surface area contributed by atoms with Gasteiger partial charge in [0.15, 0.2) is 0 Å². The Bertz CT molecular complexity index is 363. The lowest BCUT2D eigenvalue weighted by Crippen LogP contribution is -2.04. The van der Waals surface area contributed by atoms with E-state index >= 15 is 0 Å². The minimum atomic E-state index is -0.794. The minimum absolute atomic E-state index is 0.0984. The molecule has 0 aliphatic carbocycles. The predicted molar refractivity (Wildman–Crippen MR) is 65.7 cm³/mol. The number of aliphatic carboxylic acids is 1. The topological polar surface area (TPSA) is 37.3 Å². The van der Waals surface area contributed by atoms with E-state index in [2.05, 4.69) is 32.6 Å². The molecule has 0 aromatic heterocycles. The summed E-state index contributed by atoms with van der Waals surface area (Å²) in [6.07, 6.45) is 1.79. The molecule has 0 saturated carbocycles. The van der Waals surface area contributed by atoms with Gasteiger partial charge >= 0.3 is 5.97 Å². The van der Waals surface area contributed by atoms with E-state index in [1.807, 2.05) is 12.1 Å². The van der Waals surface area contributed by atoms with E-state index in [0.717, 1.165) is 5.56 Å². The summed E-state index contributed by atoms with van der Waals surface area (Å²) in [7, 11) is 0. The van der Waals surface area contributed by atoms with Crippen molar-refractivity contribution in [2.45, 2.75) is 32.1 Å². The number of carboxylic acids is 1. The van der Waals surface area contributed by atoms with Gasteiger partial charge in [-0.05, 0) is 17.0 Å². The van der Waals surface area contributed by atoms with Crippen molar-refractivity contribution in [2.24, 2.45) is 0 Å². The van der Waals surface area contributed by atoms with Gasteiger partial charge in [0.05, 0.1) is 6.42 Å². The largest absolute Gasteiger partial charge is 0.481 e. The van der Waals surface area contributed by atoms with Gasteiger partial charge in [-0.2, -0.15) is 0 Å². The lowest BCUT2D eigenvalue weighted by Gasteiger charge is -2.12. The molecule has 0 amide bonds. The van der Waals surface area contributed by atoms with Crippen molar-refractivity contribution < 1.29 is 9.90 Å². The maximum Gasteiger partial charge on any atom is 0.304 e. The number of carboxylic acid groups (broad SMARTS) is 1. The highest BCUT2D eigenvalue weighted by molar-refractivity contribution is 5.68. The Labute approximate surface area is 96.6 Å². The zero-order valence-electron chi connectivity index (χ0n) is 9.81. The van der Waals surface area contributed by atoms with E-state index in [-0.39, 0.29) is 12.3 Å². The Kier molecular flexibility index (Phi) is 4.29. The van der Waals surface area contributed by atoms with Crippen LogP contribution in [0.15, 0.2) is 36.9 Å². The third-order valence-corrected chi connectivity index (χ3v) is 2.71. The second-order valence-corrected chi connectivity index (χ2v) is 4.26. The molecule has 2 heteroatoms. The van der Waals surface area contributed by atoms with E-state index in [1.54, 1.807) is 6.08 Å². The molecular weight excluding hydrogens is 200 g/mol. The van der Waals surface area contributed by atoms with Crippen LogP contribution in [0.4, 0.5) is 0 Å². The van der Waals surface area contributed by atoms with Crippen molar-refractivity contribution in [1.82, 2.24) is 0 Å². The SMILES string of the molecule is C=CC(CC(=O)O)c1ccc(C(C)C)cc1. The first-order valence-corrected chi connectivity index (χ1v) is 5.48. The Morgan fingerprint density at radius 3 is 2.19 bits per heavy atom. The maximum atomic E-state index is 10.7. The van der Waals surface area contributed by atoms with Crippen LogP contribution in [0, 0.1) is 0 Å². The van der Waals surface area contributed by atoms with Crippen LogP contribution in [0.5, 0.6) is 0 Å². The minimum Gasteiger partial charge on any atom is -0.481 e. The summed E-state index contributed by atoms with van der Waals surface area (Å²) in [5, 5.41) is 8.77. The zero-order valence-corrected chi connectivity index (χ0v) is 9.81. The van der Waals surface area contributed by atoms with E-state index in [9.17, 15) is 4.79 Å². The van der Waals surface area contributed by atoms with Crippen molar-refractivity contribution in [2.75, 3.05) is 0 Å². The van der Waals surface area contributed by atoms with Gasteiger partial charge in [-0.25, -0.2) is 0 Å². The van der Waals surface area contributed by atoms with Crippen molar-refractivity contribution in [3.8, 4) is 0 Å². The molecule has 16 heavy (non-hydrogen) atoms. The average Bonchev–Trinajstić information content (AvgIpc) is 2.25. The highest BCUT2D eigenvalue weighted by Crippen LogP contribution is 2.23. The molecule has 0 saturated heterocycles. The smallest absolute Gasteiger partial charge is 0.304 e. The Morgan fingerprint density at radius 1 is 1.31 bits per heavy atom. The number of hydrogen-bond donors (Lipinski definition) is 1. The molecule has 1 aromatic carbocycles. The molecule has 1 aromatic rings. The first kappa shape index (κ1) is 12.5. The number of hydrogen-bond acceptors (Lipinski definition) is 1. The van der Waals surface area contributed by atoms with Crippen LogP contribution in [0.3, 0.4) is 0 Å². The standard InChI is InChI=1S/C14H18O2/c1-4-11(9-14(15)16)13-7-5-12(6-8-13)10(2)3/h4-8,10-11H,1,9H2,2-3H3,(H,15,16). The number of allylic oxidation sites excluding steroid dienone is 1. The van der Waals surface area contributed by atoms with Crippen molar-refractivity contribution >= 4 is 5.97 Å². The monoisotopic (exact) mass is 218 g/mol. The van der Waals surface area contributed by atoms with Crippen molar-refractivity contribution in [3.63, 3.8) is 0 Å². The Morgan fingerprint density at radius 2 is 1.81 bits per heavy atom. The Balaban J connectivity index is 2.86. The molecule has 86 valence electrons. The molecule has 0 radical (unpaired) electrons. The van der Waals surface area contributed by atoms with Crippen molar-refractivity contribution in [1.29, 1.82) is 0 Å². The first-order chi connectivity index (χ1) is 7.54. The predicted octanol–water partition coefficient (Wildman–Crippen LogP) is 3.55. The summed E-state index contributed by atoms with van der Waals surface area (Å²) in [6, 6.07) is 8.09. The molecular formula is C14H18O2. The summed E-state index contributed by atoms with van der Waals surface area (Å²) in [5.41, 5.74) is 2.28. The number of rotatable bonds is 5. The molecule has 1 rings (SSSR count). The third-order valence-electron chi connectivity index (χ3n) is 2.71. The van der Waals surface area contributed by atoms with Gasteiger partial charge in [-0.15, -0.1) is 6.58 Å². The molecule has 2 nitrogen and oxygen atoms in total. The molecule has 0 fully saturated rings. The number of benzene rings is 1. The van der Waals surface area contributed by atoms with Gasteiger partial charge in [0.1, 0.15) is 0 Å². The van der Waals surface area contributed by atoms with Gasteiger partial charge < -0.3 is 5.11 Å². The van der Waals surface area contributed by atoms with E-state index in [0.29, 0.717) is 5.92 Å². The first-order valence-electron chi connectivity index (χ1n) is 5.48. The molecule has 0 spiro atoms. The molecule has 0 aliphatic rings. The number of carbonyl (C=O) groups is 1. The summed E-state index contributed by atoms with van der Waals surface area (Å²) in [4.78, 5) is 10.7. The second-order valence-electron chi connectivity index (χ2n) is 4.26. The fourth-order valence-corrected chi connectivity index (χ4v) is 1.65. The van der Waals surface area contributed by atoms with Crippen LogP contribution < -0.4 is 0 Å². The van der Waals surface area contributed by atoms with Crippen LogP contribution in [-0.2, 0) is 4.79 Å².